The van der Waals surface area contributed by atoms with Gasteiger partial charge in [0.25, 0.3) is 0 Å². The van der Waals surface area contributed by atoms with Crippen LogP contribution in [0.3, 0.4) is 0 Å². The molecule has 0 saturated carbocycles. The van der Waals surface area contributed by atoms with Crippen LogP contribution < -0.4 is 20.1 Å². The van der Waals surface area contributed by atoms with Gasteiger partial charge in [-0.2, -0.15) is 0 Å². The smallest absolute Gasteiger partial charge is 0.243 e. The van der Waals surface area contributed by atoms with E-state index < -0.39 is 0 Å². The van der Waals surface area contributed by atoms with Gasteiger partial charge in [-0.3, -0.25) is 4.79 Å². The molecule has 3 rings (SSSR count). The summed E-state index contributed by atoms with van der Waals surface area (Å²) in [6.07, 6.45) is 2.29. The fourth-order valence-electron chi connectivity index (χ4n) is 2.95. The van der Waals surface area contributed by atoms with Crippen molar-refractivity contribution in [2.45, 2.75) is 32.8 Å². The van der Waals surface area contributed by atoms with Gasteiger partial charge in [0.05, 0.1) is 19.3 Å². The van der Waals surface area contributed by atoms with Crippen LogP contribution in [0.5, 0.6) is 11.5 Å². The molecule has 6 nitrogen and oxygen atoms in total. The van der Waals surface area contributed by atoms with Crippen molar-refractivity contribution in [3.05, 3.63) is 48.5 Å². The van der Waals surface area contributed by atoms with Crippen LogP contribution >= 0.6 is 0 Å². The fraction of sp³-hybridized carbons (Fsp3) is 0.435. The second kappa shape index (κ2) is 10.7. The SMILES string of the molecule is CC(C)COc1ccc(NCC(=O)Nc2cccc(OCC3CCCO3)c2)cc1. The molecule has 1 fully saturated rings. The van der Waals surface area contributed by atoms with Crippen molar-refractivity contribution in [3.63, 3.8) is 0 Å². The highest BCUT2D eigenvalue weighted by Crippen LogP contribution is 2.20. The predicted octanol–water partition coefficient (Wildman–Crippen LogP) is 4.33. The Bertz CT molecular complexity index is 771. The van der Waals surface area contributed by atoms with E-state index in [1.807, 2.05) is 48.5 Å². The first-order valence-corrected chi connectivity index (χ1v) is 10.2. The minimum absolute atomic E-state index is 0.124. The van der Waals surface area contributed by atoms with Gasteiger partial charge in [-0.25, -0.2) is 0 Å². The number of amides is 1. The van der Waals surface area contributed by atoms with E-state index in [4.69, 9.17) is 14.2 Å². The van der Waals surface area contributed by atoms with Crippen LogP contribution in [-0.4, -0.2) is 38.4 Å². The first-order valence-electron chi connectivity index (χ1n) is 10.2. The lowest BCUT2D eigenvalue weighted by atomic mass is 10.2. The molecule has 1 aliphatic rings. The molecule has 2 aromatic rings. The standard InChI is InChI=1S/C23H30N2O4/c1-17(2)15-28-20-10-8-18(9-11-20)24-14-23(26)25-19-5-3-6-21(13-19)29-16-22-7-4-12-27-22/h3,5-6,8-11,13,17,22,24H,4,7,12,14-16H2,1-2H3,(H,25,26). The normalized spacial score (nSPS) is 15.9. The van der Waals surface area contributed by atoms with Crippen LogP contribution in [0.15, 0.2) is 48.5 Å². The Kier molecular flexibility index (Phi) is 7.76. The molecule has 0 aliphatic carbocycles. The molecule has 0 bridgehead atoms. The maximum absolute atomic E-state index is 12.2. The number of rotatable bonds is 10. The van der Waals surface area contributed by atoms with E-state index in [-0.39, 0.29) is 18.6 Å². The van der Waals surface area contributed by atoms with E-state index in [2.05, 4.69) is 24.5 Å². The molecule has 29 heavy (non-hydrogen) atoms. The molecule has 1 saturated heterocycles. The largest absolute Gasteiger partial charge is 0.493 e. The Labute approximate surface area is 172 Å². The second-order valence-electron chi connectivity index (χ2n) is 7.60. The number of hydrogen-bond donors (Lipinski definition) is 2. The Morgan fingerprint density at radius 1 is 1.10 bits per heavy atom. The summed E-state index contributed by atoms with van der Waals surface area (Å²) in [4.78, 5) is 12.2. The Morgan fingerprint density at radius 3 is 2.66 bits per heavy atom. The van der Waals surface area contributed by atoms with Crippen molar-refractivity contribution in [3.8, 4) is 11.5 Å². The predicted molar refractivity (Wildman–Crippen MR) is 115 cm³/mol. The molecular weight excluding hydrogens is 368 g/mol. The molecule has 156 valence electrons. The van der Waals surface area contributed by atoms with E-state index >= 15 is 0 Å². The second-order valence-corrected chi connectivity index (χ2v) is 7.60. The average Bonchev–Trinajstić information content (AvgIpc) is 3.24. The molecule has 2 aromatic carbocycles. The van der Waals surface area contributed by atoms with Crippen LogP contribution in [0.4, 0.5) is 11.4 Å². The minimum atomic E-state index is -0.124. The molecule has 2 N–H and O–H groups in total. The quantitative estimate of drug-likeness (QED) is 0.623. The van der Waals surface area contributed by atoms with Crippen LogP contribution in [0, 0.1) is 5.92 Å². The third-order valence-corrected chi connectivity index (χ3v) is 4.47. The van der Waals surface area contributed by atoms with Crippen LogP contribution in [0.2, 0.25) is 0 Å². The van der Waals surface area contributed by atoms with Crippen molar-refractivity contribution >= 4 is 17.3 Å². The van der Waals surface area contributed by atoms with Gasteiger partial charge < -0.3 is 24.8 Å². The van der Waals surface area contributed by atoms with Gasteiger partial charge in [0.15, 0.2) is 0 Å². The third kappa shape index (κ3) is 7.31. The van der Waals surface area contributed by atoms with Crippen molar-refractivity contribution in [1.82, 2.24) is 0 Å². The number of anilines is 2. The van der Waals surface area contributed by atoms with Crippen LogP contribution in [-0.2, 0) is 9.53 Å². The summed E-state index contributed by atoms with van der Waals surface area (Å²) in [7, 11) is 0. The maximum atomic E-state index is 12.2. The average molecular weight is 399 g/mol. The van der Waals surface area contributed by atoms with Crippen molar-refractivity contribution in [2.24, 2.45) is 5.92 Å². The van der Waals surface area contributed by atoms with Crippen LogP contribution in [0.25, 0.3) is 0 Å². The van der Waals surface area contributed by atoms with Crippen molar-refractivity contribution < 1.29 is 19.0 Å². The molecule has 0 radical (unpaired) electrons. The summed E-state index contributed by atoms with van der Waals surface area (Å²) in [6.45, 7) is 6.43. The molecule has 0 spiro atoms. The zero-order chi connectivity index (χ0) is 20.5. The highest BCUT2D eigenvalue weighted by atomic mass is 16.5. The minimum Gasteiger partial charge on any atom is -0.493 e. The summed E-state index contributed by atoms with van der Waals surface area (Å²) in [5.74, 6) is 1.91. The summed E-state index contributed by atoms with van der Waals surface area (Å²) in [5, 5.41) is 6.01. The van der Waals surface area contributed by atoms with Gasteiger partial charge >= 0.3 is 0 Å². The van der Waals surface area contributed by atoms with E-state index in [1.165, 1.54) is 0 Å². The maximum Gasteiger partial charge on any atom is 0.243 e. The van der Waals surface area contributed by atoms with Gasteiger partial charge in [0.2, 0.25) is 5.91 Å². The first-order chi connectivity index (χ1) is 14.1. The number of nitrogens with one attached hydrogen (secondary N) is 2. The third-order valence-electron chi connectivity index (χ3n) is 4.47. The van der Waals surface area contributed by atoms with Crippen molar-refractivity contribution in [1.29, 1.82) is 0 Å². The number of carbonyl (C=O) groups is 1. The van der Waals surface area contributed by atoms with E-state index in [0.717, 1.165) is 36.6 Å². The molecule has 1 aliphatic heterocycles. The highest BCUT2D eigenvalue weighted by molar-refractivity contribution is 5.93. The summed E-state index contributed by atoms with van der Waals surface area (Å²) >= 11 is 0. The van der Waals surface area contributed by atoms with Crippen LogP contribution in [0.1, 0.15) is 26.7 Å². The Hall–Kier alpha value is -2.73. The highest BCUT2D eigenvalue weighted by Gasteiger charge is 2.16. The molecule has 6 heteroatoms. The zero-order valence-corrected chi connectivity index (χ0v) is 17.1. The molecule has 1 atom stereocenters. The summed E-state index contributed by atoms with van der Waals surface area (Å²) in [5.41, 5.74) is 1.57. The molecule has 1 unspecified atom stereocenters. The zero-order valence-electron chi connectivity index (χ0n) is 17.1. The lowest BCUT2D eigenvalue weighted by Gasteiger charge is -2.13. The molecule has 1 heterocycles. The number of hydrogen-bond acceptors (Lipinski definition) is 5. The van der Waals surface area contributed by atoms with E-state index in [9.17, 15) is 4.79 Å². The number of benzene rings is 2. The van der Waals surface area contributed by atoms with Crippen molar-refractivity contribution in [2.75, 3.05) is 37.0 Å². The fourth-order valence-corrected chi connectivity index (χ4v) is 2.95. The molecular formula is C23H30N2O4. The van der Waals surface area contributed by atoms with Gasteiger partial charge in [0, 0.05) is 24.0 Å². The number of carbonyl (C=O) groups excluding carboxylic acids is 1. The van der Waals surface area contributed by atoms with E-state index in [0.29, 0.717) is 24.8 Å². The number of ether oxygens (including phenoxy) is 3. The summed E-state index contributed by atoms with van der Waals surface area (Å²) < 4.78 is 17.0. The summed E-state index contributed by atoms with van der Waals surface area (Å²) in [6, 6.07) is 15.0. The molecule has 0 aromatic heterocycles. The monoisotopic (exact) mass is 398 g/mol. The Morgan fingerprint density at radius 2 is 1.93 bits per heavy atom. The van der Waals surface area contributed by atoms with Gasteiger partial charge in [0.1, 0.15) is 18.1 Å². The lowest BCUT2D eigenvalue weighted by molar-refractivity contribution is -0.114. The van der Waals surface area contributed by atoms with Gasteiger partial charge in [-0.15, -0.1) is 0 Å². The molecule has 1 amide bonds. The first kappa shape index (κ1) is 21.0. The lowest BCUT2D eigenvalue weighted by Crippen LogP contribution is -2.21. The Balaban J connectivity index is 1.42. The van der Waals surface area contributed by atoms with E-state index in [1.54, 1.807) is 0 Å². The van der Waals surface area contributed by atoms with Gasteiger partial charge in [-0.05, 0) is 55.2 Å². The topological polar surface area (TPSA) is 68.8 Å². The van der Waals surface area contributed by atoms with Gasteiger partial charge in [-0.1, -0.05) is 19.9 Å².